The van der Waals surface area contributed by atoms with E-state index in [2.05, 4.69) is 32.3 Å². The topological polar surface area (TPSA) is 41.1 Å². The highest BCUT2D eigenvalue weighted by molar-refractivity contribution is 5.76. The lowest BCUT2D eigenvalue weighted by Crippen LogP contribution is -2.30. The zero-order chi connectivity index (χ0) is 12.5. The van der Waals surface area contributed by atoms with Gasteiger partial charge in [-0.2, -0.15) is 0 Å². The molecule has 0 aliphatic carbocycles. The van der Waals surface area contributed by atoms with Crippen molar-refractivity contribution in [3.8, 4) is 0 Å². The summed E-state index contributed by atoms with van der Waals surface area (Å²) in [7, 11) is 0. The van der Waals surface area contributed by atoms with E-state index in [4.69, 9.17) is 0 Å². The van der Waals surface area contributed by atoms with Crippen LogP contribution in [0.15, 0.2) is 30.5 Å². The van der Waals surface area contributed by atoms with Crippen LogP contribution in [0.2, 0.25) is 0 Å². The lowest BCUT2D eigenvalue weighted by atomic mass is 10.2. The van der Waals surface area contributed by atoms with Crippen molar-refractivity contribution in [2.24, 2.45) is 0 Å². The van der Waals surface area contributed by atoms with Gasteiger partial charge in [-0.15, -0.1) is 0 Å². The Morgan fingerprint density at radius 2 is 2.00 bits per heavy atom. The van der Waals surface area contributed by atoms with Crippen LogP contribution >= 0.6 is 0 Å². The van der Waals surface area contributed by atoms with E-state index < -0.39 is 0 Å². The lowest BCUT2D eigenvalue weighted by molar-refractivity contribution is 0.889. The quantitative estimate of drug-likeness (QED) is 0.832. The lowest BCUT2D eigenvalue weighted by Gasteiger charge is -2.31. The van der Waals surface area contributed by atoms with Crippen LogP contribution < -0.4 is 10.2 Å². The van der Waals surface area contributed by atoms with Crippen LogP contribution in [0.3, 0.4) is 0 Å². The Kier molecular flexibility index (Phi) is 2.63. The fourth-order valence-electron chi connectivity index (χ4n) is 2.18. The second-order valence-corrected chi connectivity index (χ2v) is 4.49. The third kappa shape index (κ3) is 1.79. The highest BCUT2D eigenvalue weighted by Crippen LogP contribution is 2.33. The van der Waals surface area contributed by atoms with Gasteiger partial charge in [-0.05, 0) is 26.0 Å². The molecule has 1 aliphatic rings. The van der Waals surface area contributed by atoms with Crippen molar-refractivity contribution in [1.29, 1.82) is 0 Å². The monoisotopic (exact) mass is 240 g/mol. The number of nitrogens with zero attached hydrogens (tertiary/aromatic N) is 3. The molecule has 0 spiro atoms. The number of hydrogen-bond donors (Lipinski definition) is 1. The molecule has 1 aliphatic heterocycles. The van der Waals surface area contributed by atoms with E-state index in [1.54, 1.807) is 0 Å². The van der Waals surface area contributed by atoms with Gasteiger partial charge in [0, 0.05) is 13.1 Å². The van der Waals surface area contributed by atoms with Crippen LogP contribution in [-0.4, -0.2) is 23.1 Å². The average Bonchev–Trinajstić information content (AvgIpc) is 2.41. The van der Waals surface area contributed by atoms with E-state index in [0.717, 1.165) is 36.0 Å². The predicted molar refractivity (Wildman–Crippen MR) is 73.4 cm³/mol. The number of para-hydroxylation sites is 2. The zero-order valence-corrected chi connectivity index (χ0v) is 10.6. The van der Waals surface area contributed by atoms with Gasteiger partial charge in [0.05, 0.1) is 29.0 Å². The van der Waals surface area contributed by atoms with Gasteiger partial charge in [0.15, 0.2) is 5.82 Å². The molecule has 1 aromatic heterocycles. The van der Waals surface area contributed by atoms with Crippen LogP contribution in [0.1, 0.15) is 11.4 Å². The Morgan fingerprint density at radius 3 is 2.83 bits per heavy atom. The van der Waals surface area contributed by atoms with Crippen LogP contribution in [0.5, 0.6) is 0 Å². The molecule has 0 saturated heterocycles. The Bertz CT molecular complexity index is 580. The van der Waals surface area contributed by atoms with Gasteiger partial charge in [0.25, 0.3) is 0 Å². The predicted octanol–water partition coefficient (Wildman–Crippen LogP) is 2.66. The third-order valence-corrected chi connectivity index (χ3v) is 3.30. The molecule has 18 heavy (non-hydrogen) atoms. The molecule has 0 amide bonds. The molecule has 1 N–H and O–H groups in total. The van der Waals surface area contributed by atoms with E-state index in [1.165, 1.54) is 5.69 Å². The van der Waals surface area contributed by atoms with Crippen LogP contribution in [0.25, 0.3) is 0 Å². The van der Waals surface area contributed by atoms with Gasteiger partial charge in [-0.3, -0.25) is 4.98 Å². The fraction of sp³-hybridized carbons (Fsp3) is 0.286. The van der Waals surface area contributed by atoms with Gasteiger partial charge in [0.2, 0.25) is 0 Å². The highest BCUT2D eigenvalue weighted by atomic mass is 15.2. The summed E-state index contributed by atoms with van der Waals surface area (Å²) in [6.45, 7) is 5.82. The highest BCUT2D eigenvalue weighted by Gasteiger charge is 2.18. The van der Waals surface area contributed by atoms with Crippen molar-refractivity contribution < 1.29 is 0 Å². The Balaban J connectivity index is 2.05. The molecule has 4 heteroatoms. The molecule has 2 aromatic rings. The molecule has 0 atom stereocenters. The number of aryl methyl sites for hydroxylation is 2. The number of hydrogen-bond acceptors (Lipinski definition) is 4. The summed E-state index contributed by atoms with van der Waals surface area (Å²) in [6, 6.07) is 8.29. The van der Waals surface area contributed by atoms with Gasteiger partial charge >= 0.3 is 0 Å². The van der Waals surface area contributed by atoms with Crippen molar-refractivity contribution in [3.63, 3.8) is 0 Å². The summed E-state index contributed by atoms with van der Waals surface area (Å²) in [5.41, 5.74) is 4.30. The molecule has 4 nitrogen and oxygen atoms in total. The minimum atomic E-state index is 0.911. The van der Waals surface area contributed by atoms with E-state index >= 15 is 0 Å². The van der Waals surface area contributed by atoms with Crippen LogP contribution in [-0.2, 0) is 0 Å². The van der Waals surface area contributed by atoms with Gasteiger partial charge < -0.3 is 10.2 Å². The Labute approximate surface area is 107 Å². The standard InChI is InChI=1S/C14H16N4/c1-10-11(2)17-14(9-16-10)18-8-7-15-12-5-3-4-6-13(12)18/h3-6,9,15H,7-8H2,1-2H3. The number of aromatic nitrogens is 2. The zero-order valence-electron chi connectivity index (χ0n) is 10.6. The first kappa shape index (κ1) is 11.0. The van der Waals surface area contributed by atoms with Crippen molar-refractivity contribution >= 4 is 17.2 Å². The van der Waals surface area contributed by atoms with Crippen LogP contribution in [0.4, 0.5) is 17.2 Å². The van der Waals surface area contributed by atoms with Gasteiger partial charge in [-0.1, -0.05) is 12.1 Å². The Morgan fingerprint density at radius 1 is 1.17 bits per heavy atom. The molecule has 0 fully saturated rings. The first-order chi connectivity index (χ1) is 8.75. The minimum Gasteiger partial charge on any atom is -0.382 e. The van der Waals surface area contributed by atoms with Crippen molar-refractivity contribution in [3.05, 3.63) is 41.9 Å². The van der Waals surface area contributed by atoms with E-state index in [9.17, 15) is 0 Å². The molecule has 0 unspecified atom stereocenters. The summed E-state index contributed by atoms with van der Waals surface area (Å²) in [5.74, 6) is 0.923. The molecular weight excluding hydrogens is 224 g/mol. The Hall–Kier alpha value is -2.10. The summed E-state index contributed by atoms with van der Waals surface area (Å²) in [5, 5.41) is 3.40. The largest absolute Gasteiger partial charge is 0.382 e. The first-order valence-corrected chi connectivity index (χ1v) is 6.16. The van der Waals surface area contributed by atoms with E-state index in [-0.39, 0.29) is 0 Å². The van der Waals surface area contributed by atoms with Crippen LogP contribution in [0, 0.1) is 13.8 Å². The molecule has 1 aromatic carbocycles. The second-order valence-electron chi connectivity index (χ2n) is 4.49. The summed E-state index contributed by atoms with van der Waals surface area (Å²) >= 11 is 0. The maximum absolute atomic E-state index is 4.63. The van der Waals surface area contributed by atoms with Gasteiger partial charge in [0.1, 0.15) is 0 Å². The van der Waals surface area contributed by atoms with E-state index in [0.29, 0.717) is 0 Å². The minimum absolute atomic E-state index is 0.911. The second kappa shape index (κ2) is 4.29. The third-order valence-electron chi connectivity index (χ3n) is 3.30. The SMILES string of the molecule is Cc1ncc(N2CCNc3ccccc32)nc1C. The van der Waals surface area contributed by atoms with Crippen molar-refractivity contribution in [1.82, 2.24) is 9.97 Å². The summed E-state index contributed by atoms with van der Waals surface area (Å²) in [4.78, 5) is 11.2. The molecule has 3 rings (SSSR count). The summed E-state index contributed by atoms with van der Waals surface area (Å²) in [6.07, 6.45) is 1.85. The van der Waals surface area contributed by atoms with Crippen molar-refractivity contribution in [2.75, 3.05) is 23.3 Å². The molecule has 92 valence electrons. The number of nitrogens with one attached hydrogen (secondary N) is 1. The first-order valence-electron chi connectivity index (χ1n) is 6.16. The summed E-state index contributed by atoms with van der Waals surface area (Å²) < 4.78 is 0. The number of rotatable bonds is 1. The van der Waals surface area contributed by atoms with Gasteiger partial charge in [-0.25, -0.2) is 4.98 Å². The molecular formula is C14H16N4. The average molecular weight is 240 g/mol. The molecule has 2 heterocycles. The fourth-order valence-corrected chi connectivity index (χ4v) is 2.18. The van der Waals surface area contributed by atoms with E-state index in [1.807, 2.05) is 32.2 Å². The maximum atomic E-state index is 4.63. The number of fused-ring (bicyclic) bond motifs is 1. The number of anilines is 3. The number of benzene rings is 1. The molecule has 0 bridgehead atoms. The molecule has 0 saturated carbocycles. The molecule has 0 radical (unpaired) electrons. The maximum Gasteiger partial charge on any atom is 0.151 e. The normalized spacial score (nSPS) is 14.0. The smallest absolute Gasteiger partial charge is 0.151 e. The van der Waals surface area contributed by atoms with Crippen molar-refractivity contribution in [2.45, 2.75) is 13.8 Å².